The van der Waals surface area contributed by atoms with Crippen LogP contribution in [-0.4, -0.2) is 67.6 Å². The molecule has 1 aromatic carbocycles. The molecule has 0 aliphatic carbocycles. The fourth-order valence-electron chi connectivity index (χ4n) is 4.19. The van der Waals surface area contributed by atoms with Crippen molar-refractivity contribution in [2.45, 2.75) is 38.6 Å². The first kappa shape index (κ1) is 19.7. The Kier molecular flexibility index (Phi) is 6.72. The summed E-state index contributed by atoms with van der Waals surface area (Å²) in [6, 6.07) is 7.89. The van der Waals surface area contributed by atoms with Crippen molar-refractivity contribution < 1.29 is 19.1 Å². The SMILES string of the molecule is CCOC(=O)N1CCC(N2CCC[C@@H](C(=O)c3cccc(OC)c3)C2)CC1. The lowest BCUT2D eigenvalue weighted by atomic mass is 9.88. The minimum absolute atomic E-state index is 0.0361. The summed E-state index contributed by atoms with van der Waals surface area (Å²) in [5.74, 6) is 0.969. The maximum Gasteiger partial charge on any atom is 0.409 e. The number of methoxy groups -OCH3 is 1. The lowest BCUT2D eigenvalue weighted by molar-refractivity contribution is 0.0532. The Morgan fingerprint density at radius 3 is 2.63 bits per heavy atom. The average molecular weight is 374 g/mol. The van der Waals surface area contributed by atoms with Crippen LogP contribution in [0.4, 0.5) is 4.79 Å². The molecule has 1 amide bonds. The normalized spacial score (nSPS) is 21.7. The number of Topliss-reactive ketones (excluding diaryl/α,β-unsaturated/α-hetero) is 1. The molecular formula is C21H30N2O4. The predicted molar refractivity (Wildman–Crippen MR) is 103 cm³/mol. The van der Waals surface area contributed by atoms with Crippen molar-refractivity contribution in [3.63, 3.8) is 0 Å². The summed E-state index contributed by atoms with van der Waals surface area (Å²) in [7, 11) is 1.62. The molecule has 0 aromatic heterocycles. The van der Waals surface area contributed by atoms with Gasteiger partial charge in [-0.2, -0.15) is 0 Å². The highest BCUT2D eigenvalue weighted by Gasteiger charge is 2.33. The van der Waals surface area contributed by atoms with E-state index in [4.69, 9.17) is 9.47 Å². The lowest BCUT2D eigenvalue weighted by Gasteiger charge is -2.41. The largest absolute Gasteiger partial charge is 0.497 e. The minimum Gasteiger partial charge on any atom is -0.497 e. The number of amides is 1. The predicted octanol–water partition coefficient (Wildman–Crippen LogP) is 3.21. The Hall–Kier alpha value is -2.08. The molecule has 1 aromatic rings. The molecule has 6 heteroatoms. The molecule has 0 spiro atoms. The minimum atomic E-state index is -0.208. The van der Waals surface area contributed by atoms with E-state index < -0.39 is 0 Å². The van der Waals surface area contributed by atoms with E-state index in [1.54, 1.807) is 12.0 Å². The summed E-state index contributed by atoms with van der Waals surface area (Å²) < 4.78 is 10.3. The van der Waals surface area contributed by atoms with Crippen molar-refractivity contribution in [2.75, 3.05) is 39.9 Å². The number of piperidine rings is 2. The fourth-order valence-corrected chi connectivity index (χ4v) is 4.19. The summed E-state index contributed by atoms with van der Waals surface area (Å²) in [6.07, 6.45) is 3.66. The number of nitrogens with zero attached hydrogens (tertiary/aromatic N) is 2. The van der Waals surface area contributed by atoms with E-state index in [0.29, 0.717) is 12.6 Å². The Labute approximate surface area is 161 Å². The van der Waals surface area contributed by atoms with Gasteiger partial charge in [0.25, 0.3) is 0 Å². The van der Waals surface area contributed by atoms with E-state index in [-0.39, 0.29) is 17.8 Å². The first-order valence-electron chi connectivity index (χ1n) is 9.96. The molecule has 2 saturated heterocycles. The van der Waals surface area contributed by atoms with Gasteiger partial charge in [-0.1, -0.05) is 12.1 Å². The van der Waals surface area contributed by atoms with Gasteiger partial charge in [0, 0.05) is 37.2 Å². The van der Waals surface area contributed by atoms with E-state index in [1.807, 2.05) is 31.2 Å². The Morgan fingerprint density at radius 1 is 1.15 bits per heavy atom. The van der Waals surface area contributed by atoms with Crippen molar-refractivity contribution in [1.82, 2.24) is 9.80 Å². The number of rotatable bonds is 5. The second kappa shape index (κ2) is 9.22. The first-order chi connectivity index (χ1) is 13.1. The third kappa shape index (κ3) is 4.80. The summed E-state index contributed by atoms with van der Waals surface area (Å²) in [5, 5.41) is 0. The monoisotopic (exact) mass is 374 g/mol. The molecular weight excluding hydrogens is 344 g/mol. The molecule has 148 valence electrons. The number of ether oxygens (including phenoxy) is 2. The van der Waals surface area contributed by atoms with Crippen molar-refractivity contribution in [3.05, 3.63) is 29.8 Å². The van der Waals surface area contributed by atoms with Crippen LogP contribution in [0.1, 0.15) is 43.0 Å². The molecule has 3 rings (SSSR count). The smallest absolute Gasteiger partial charge is 0.409 e. The van der Waals surface area contributed by atoms with Crippen molar-refractivity contribution in [1.29, 1.82) is 0 Å². The Morgan fingerprint density at radius 2 is 1.93 bits per heavy atom. The molecule has 0 radical (unpaired) electrons. The summed E-state index contributed by atoms with van der Waals surface area (Å²) >= 11 is 0. The average Bonchev–Trinajstić information content (AvgIpc) is 2.73. The highest BCUT2D eigenvalue weighted by molar-refractivity contribution is 5.98. The van der Waals surface area contributed by atoms with Crippen LogP contribution in [0.5, 0.6) is 5.75 Å². The Balaban J connectivity index is 1.56. The van der Waals surface area contributed by atoms with Gasteiger partial charge in [-0.05, 0) is 51.3 Å². The van der Waals surface area contributed by atoms with Gasteiger partial charge >= 0.3 is 6.09 Å². The zero-order chi connectivity index (χ0) is 19.2. The first-order valence-corrected chi connectivity index (χ1v) is 9.96. The van der Waals surface area contributed by atoms with Crippen molar-refractivity contribution >= 4 is 11.9 Å². The molecule has 2 fully saturated rings. The van der Waals surface area contributed by atoms with Gasteiger partial charge in [0.2, 0.25) is 0 Å². The number of hydrogen-bond acceptors (Lipinski definition) is 5. The molecule has 27 heavy (non-hydrogen) atoms. The molecule has 0 saturated carbocycles. The van der Waals surface area contributed by atoms with Crippen LogP contribution in [-0.2, 0) is 4.74 Å². The van der Waals surface area contributed by atoms with Gasteiger partial charge < -0.3 is 14.4 Å². The Bertz CT molecular complexity index is 655. The molecule has 2 aliphatic rings. The second-order valence-corrected chi connectivity index (χ2v) is 7.35. The van der Waals surface area contributed by atoms with Crippen LogP contribution in [0.2, 0.25) is 0 Å². The van der Waals surface area contributed by atoms with Crippen LogP contribution in [0, 0.1) is 5.92 Å². The molecule has 0 N–H and O–H groups in total. The summed E-state index contributed by atoms with van der Waals surface area (Å²) in [4.78, 5) is 29.1. The number of ketones is 1. The number of carbonyl (C=O) groups excluding carboxylic acids is 2. The number of carbonyl (C=O) groups is 2. The standard InChI is InChI=1S/C21H30N2O4/c1-3-27-21(25)22-12-9-18(10-13-22)23-11-5-7-17(15-23)20(24)16-6-4-8-19(14-16)26-2/h4,6,8,14,17-18H,3,5,7,9-13,15H2,1-2H3/t17-/m1/s1. The second-order valence-electron chi connectivity index (χ2n) is 7.35. The van der Waals surface area contributed by atoms with Gasteiger partial charge in [-0.25, -0.2) is 4.79 Å². The van der Waals surface area contributed by atoms with Crippen LogP contribution < -0.4 is 4.74 Å². The highest BCUT2D eigenvalue weighted by atomic mass is 16.6. The van der Waals surface area contributed by atoms with Crippen LogP contribution in [0.15, 0.2) is 24.3 Å². The topological polar surface area (TPSA) is 59.1 Å². The van der Waals surface area contributed by atoms with E-state index in [0.717, 1.165) is 63.2 Å². The van der Waals surface area contributed by atoms with Gasteiger partial charge in [0.05, 0.1) is 13.7 Å². The fraction of sp³-hybridized carbons (Fsp3) is 0.619. The number of benzene rings is 1. The molecule has 1 atom stereocenters. The van der Waals surface area contributed by atoms with Crippen LogP contribution in [0.25, 0.3) is 0 Å². The van der Waals surface area contributed by atoms with E-state index >= 15 is 0 Å². The third-order valence-electron chi connectivity index (χ3n) is 5.68. The van der Waals surface area contributed by atoms with E-state index in [2.05, 4.69) is 4.90 Å². The molecule has 2 heterocycles. The molecule has 0 unspecified atom stereocenters. The maximum atomic E-state index is 13.0. The van der Waals surface area contributed by atoms with E-state index in [1.165, 1.54) is 0 Å². The molecule has 6 nitrogen and oxygen atoms in total. The van der Waals surface area contributed by atoms with Gasteiger partial charge in [0.15, 0.2) is 5.78 Å². The summed E-state index contributed by atoms with van der Waals surface area (Å²) in [6.45, 7) is 5.55. The van der Waals surface area contributed by atoms with E-state index in [9.17, 15) is 9.59 Å². The number of hydrogen-bond donors (Lipinski definition) is 0. The van der Waals surface area contributed by atoms with Crippen LogP contribution >= 0.6 is 0 Å². The lowest BCUT2D eigenvalue weighted by Crippen LogP contribution is -2.50. The third-order valence-corrected chi connectivity index (χ3v) is 5.68. The molecule has 0 bridgehead atoms. The van der Waals surface area contributed by atoms with Crippen molar-refractivity contribution in [3.8, 4) is 5.75 Å². The summed E-state index contributed by atoms with van der Waals surface area (Å²) in [5.41, 5.74) is 0.735. The zero-order valence-corrected chi connectivity index (χ0v) is 16.4. The maximum absolute atomic E-state index is 13.0. The quantitative estimate of drug-likeness (QED) is 0.741. The number of likely N-dealkylation sites (tertiary alicyclic amines) is 2. The zero-order valence-electron chi connectivity index (χ0n) is 16.4. The molecule has 2 aliphatic heterocycles. The van der Waals surface area contributed by atoms with Crippen LogP contribution in [0.3, 0.4) is 0 Å². The van der Waals surface area contributed by atoms with Gasteiger partial charge in [-0.3, -0.25) is 9.69 Å². The van der Waals surface area contributed by atoms with Crippen molar-refractivity contribution in [2.24, 2.45) is 5.92 Å². The van der Waals surface area contributed by atoms with Gasteiger partial charge in [0.1, 0.15) is 5.75 Å². The van der Waals surface area contributed by atoms with Gasteiger partial charge in [-0.15, -0.1) is 0 Å². The highest BCUT2D eigenvalue weighted by Crippen LogP contribution is 2.27.